The van der Waals surface area contributed by atoms with Gasteiger partial charge in [-0.25, -0.2) is 0 Å². The second-order valence-corrected chi connectivity index (χ2v) is 6.50. The zero-order valence-corrected chi connectivity index (χ0v) is 11.3. The van der Waals surface area contributed by atoms with Gasteiger partial charge in [0.15, 0.2) is 0 Å². The molecule has 2 aliphatic rings. The van der Waals surface area contributed by atoms with E-state index in [1.807, 2.05) is 0 Å². The zero-order chi connectivity index (χ0) is 13.0. The number of carbonyl (C=O) groups excluding carboxylic acids is 2. The normalized spacial score (nSPS) is 31.4. The van der Waals surface area contributed by atoms with Gasteiger partial charge < -0.3 is 10.2 Å². The average molecular weight is 238 g/mol. The highest BCUT2D eigenvalue weighted by Gasteiger charge is 2.64. The summed E-state index contributed by atoms with van der Waals surface area (Å²) < 4.78 is 0. The van der Waals surface area contributed by atoms with Crippen molar-refractivity contribution in [2.75, 3.05) is 13.1 Å². The van der Waals surface area contributed by atoms with E-state index in [1.165, 1.54) is 0 Å². The standard InChI is InChI=1S/C13H22N2O2/c1-8-11(17)15(7-10(16)14-8)6-9-12(2,3)13(9,4)5/h8-9H,6-7H2,1-5H3,(H,14,16). The van der Waals surface area contributed by atoms with Crippen molar-refractivity contribution in [2.45, 2.75) is 40.7 Å². The van der Waals surface area contributed by atoms with Crippen LogP contribution in [0, 0.1) is 16.7 Å². The lowest BCUT2D eigenvalue weighted by atomic mass is 10.0. The molecule has 0 spiro atoms. The summed E-state index contributed by atoms with van der Waals surface area (Å²) in [6.45, 7) is 11.6. The summed E-state index contributed by atoms with van der Waals surface area (Å²) in [5, 5.41) is 2.66. The molecule has 0 aromatic heterocycles. The highest BCUT2D eigenvalue weighted by atomic mass is 16.2. The molecule has 1 unspecified atom stereocenters. The van der Waals surface area contributed by atoms with Crippen molar-refractivity contribution < 1.29 is 9.59 Å². The first-order valence-corrected chi connectivity index (χ1v) is 6.26. The van der Waals surface area contributed by atoms with Crippen molar-refractivity contribution in [1.82, 2.24) is 10.2 Å². The van der Waals surface area contributed by atoms with E-state index < -0.39 is 0 Å². The summed E-state index contributed by atoms with van der Waals surface area (Å²) in [5.41, 5.74) is 0.509. The van der Waals surface area contributed by atoms with Crippen molar-refractivity contribution >= 4 is 11.8 Å². The van der Waals surface area contributed by atoms with Gasteiger partial charge in [-0.3, -0.25) is 9.59 Å². The van der Waals surface area contributed by atoms with Crippen LogP contribution in [0.2, 0.25) is 0 Å². The van der Waals surface area contributed by atoms with E-state index in [9.17, 15) is 9.59 Å². The molecule has 0 radical (unpaired) electrons. The lowest BCUT2D eigenvalue weighted by Crippen LogP contribution is -2.57. The zero-order valence-electron chi connectivity index (χ0n) is 11.3. The maximum atomic E-state index is 12.0. The minimum absolute atomic E-state index is 0.0445. The van der Waals surface area contributed by atoms with E-state index in [1.54, 1.807) is 11.8 Å². The molecule has 0 aromatic carbocycles. The summed E-state index contributed by atoms with van der Waals surface area (Å²) in [7, 11) is 0. The molecule has 2 fully saturated rings. The molecule has 1 aliphatic heterocycles. The van der Waals surface area contributed by atoms with E-state index >= 15 is 0 Å². The molecule has 17 heavy (non-hydrogen) atoms. The van der Waals surface area contributed by atoms with E-state index in [0.29, 0.717) is 12.5 Å². The Bertz CT molecular complexity index is 360. The molecule has 1 atom stereocenters. The molecule has 2 amide bonds. The number of amides is 2. The Balaban J connectivity index is 2.05. The molecule has 4 heteroatoms. The first kappa shape index (κ1) is 12.4. The Hall–Kier alpha value is -1.06. The highest BCUT2D eigenvalue weighted by molar-refractivity contribution is 5.94. The van der Waals surface area contributed by atoms with Crippen LogP contribution in [0.15, 0.2) is 0 Å². The van der Waals surface area contributed by atoms with Gasteiger partial charge in [-0.1, -0.05) is 27.7 Å². The fraction of sp³-hybridized carbons (Fsp3) is 0.846. The topological polar surface area (TPSA) is 49.4 Å². The van der Waals surface area contributed by atoms with Crippen molar-refractivity contribution in [3.63, 3.8) is 0 Å². The summed E-state index contributed by atoms with van der Waals surface area (Å²) >= 11 is 0. The molecule has 1 aliphatic carbocycles. The Morgan fingerprint density at radius 2 is 1.76 bits per heavy atom. The molecule has 1 N–H and O–H groups in total. The first-order valence-electron chi connectivity index (χ1n) is 6.26. The number of carbonyl (C=O) groups is 2. The molecule has 2 rings (SSSR count). The van der Waals surface area contributed by atoms with Crippen LogP contribution < -0.4 is 5.32 Å². The monoisotopic (exact) mass is 238 g/mol. The van der Waals surface area contributed by atoms with Crippen molar-refractivity contribution in [3.05, 3.63) is 0 Å². The molecule has 1 saturated carbocycles. The van der Waals surface area contributed by atoms with Gasteiger partial charge in [0.05, 0.1) is 6.54 Å². The van der Waals surface area contributed by atoms with E-state index in [2.05, 4.69) is 33.0 Å². The number of nitrogens with zero attached hydrogens (tertiary/aromatic N) is 1. The fourth-order valence-electron chi connectivity index (χ4n) is 3.04. The smallest absolute Gasteiger partial charge is 0.245 e. The van der Waals surface area contributed by atoms with Gasteiger partial charge in [-0.15, -0.1) is 0 Å². The maximum Gasteiger partial charge on any atom is 0.245 e. The Morgan fingerprint density at radius 1 is 1.24 bits per heavy atom. The minimum atomic E-state index is -0.374. The van der Waals surface area contributed by atoms with Crippen molar-refractivity contribution in [3.8, 4) is 0 Å². The number of hydrogen-bond acceptors (Lipinski definition) is 2. The number of nitrogens with one attached hydrogen (secondary N) is 1. The van der Waals surface area contributed by atoms with Gasteiger partial charge in [0.1, 0.15) is 6.04 Å². The lowest BCUT2D eigenvalue weighted by molar-refractivity contribution is -0.144. The van der Waals surface area contributed by atoms with Crippen LogP contribution in [0.3, 0.4) is 0 Å². The molecular formula is C13H22N2O2. The molecule has 0 bridgehead atoms. The summed E-state index contributed by atoms with van der Waals surface area (Å²) in [6, 6.07) is -0.374. The Kier molecular flexibility index (Phi) is 2.53. The average Bonchev–Trinajstić information content (AvgIpc) is 2.56. The van der Waals surface area contributed by atoms with Crippen LogP contribution in [0.4, 0.5) is 0 Å². The van der Waals surface area contributed by atoms with Crippen LogP contribution >= 0.6 is 0 Å². The first-order chi connectivity index (χ1) is 7.68. The van der Waals surface area contributed by atoms with Crippen LogP contribution in [0.1, 0.15) is 34.6 Å². The highest BCUT2D eigenvalue weighted by Crippen LogP contribution is 2.68. The van der Waals surface area contributed by atoms with Gasteiger partial charge in [0, 0.05) is 6.54 Å². The predicted octanol–water partition coefficient (Wildman–Crippen LogP) is 1.02. The van der Waals surface area contributed by atoms with Gasteiger partial charge in [-0.05, 0) is 23.7 Å². The van der Waals surface area contributed by atoms with E-state index in [4.69, 9.17) is 0 Å². The van der Waals surface area contributed by atoms with Crippen LogP contribution in [0.25, 0.3) is 0 Å². The van der Waals surface area contributed by atoms with Crippen LogP contribution in [-0.2, 0) is 9.59 Å². The van der Waals surface area contributed by atoms with E-state index in [0.717, 1.165) is 0 Å². The molecule has 0 aromatic rings. The molecule has 1 heterocycles. The number of hydrogen-bond donors (Lipinski definition) is 1. The van der Waals surface area contributed by atoms with Gasteiger partial charge in [0.2, 0.25) is 11.8 Å². The van der Waals surface area contributed by atoms with Crippen molar-refractivity contribution in [2.24, 2.45) is 16.7 Å². The summed E-state index contributed by atoms with van der Waals surface area (Å²) in [6.07, 6.45) is 0. The molecule has 4 nitrogen and oxygen atoms in total. The quantitative estimate of drug-likeness (QED) is 0.780. The Labute approximate surface area is 103 Å². The van der Waals surface area contributed by atoms with Crippen molar-refractivity contribution in [1.29, 1.82) is 0 Å². The van der Waals surface area contributed by atoms with Crippen LogP contribution in [0.5, 0.6) is 0 Å². The maximum absolute atomic E-state index is 12.0. The van der Waals surface area contributed by atoms with E-state index in [-0.39, 0.29) is 35.2 Å². The second kappa shape index (κ2) is 3.47. The molecular weight excluding hydrogens is 216 g/mol. The van der Waals surface area contributed by atoms with Gasteiger partial charge in [-0.2, -0.15) is 0 Å². The Morgan fingerprint density at radius 3 is 2.24 bits per heavy atom. The van der Waals surface area contributed by atoms with Gasteiger partial charge >= 0.3 is 0 Å². The number of piperazine rings is 1. The third-order valence-corrected chi connectivity index (χ3v) is 5.12. The van der Waals surface area contributed by atoms with Gasteiger partial charge in [0.25, 0.3) is 0 Å². The summed E-state index contributed by atoms with van der Waals surface area (Å²) in [4.78, 5) is 25.1. The third kappa shape index (κ3) is 1.74. The number of rotatable bonds is 2. The third-order valence-electron chi connectivity index (χ3n) is 5.12. The fourth-order valence-corrected chi connectivity index (χ4v) is 3.04. The largest absolute Gasteiger partial charge is 0.343 e. The molecule has 96 valence electrons. The second-order valence-electron chi connectivity index (χ2n) is 6.50. The summed E-state index contributed by atoms with van der Waals surface area (Å²) in [5.74, 6) is 0.480. The SMILES string of the molecule is CC1NC(=O)CN(CC2C(C)(C)C2(C)C)C1=O. The molecule has 1 saturated heterocycles. The minimum Gasteiger partial charge on any atom is -0.343 e. The lowest BCUT2D eigenvalue weighted by Gasteiger charge is -2.31. The van der Waals surface area contributed by atoms with Crippen LogP contribution in [-0.4, -0.2) is 35.8 Å². The predicted molar refractivity (Wildman–Crippen MR) is 65.2 cm³/mol.